The van der Waals surface area contributed by atoms with E-state index in [0.29, 0.717) is 0 Å². The highest BCUT2D eigenvalue weighted by Crippen LogP contribution is 2.16. The summed E-state index contributed by atoms with van der Waals surface area (Å²) in [5.74, 6) is 0.896. The van der Waals surface area contributed by atoms with Crippen molar-refractivity contribution in [3.05, 3.63) is 17.5 Å². The van der Waals surface area contributed by atoms with E-state index in [1.165, 1.54) is 5.56 Å². The van der Waals surface area contributed by atoms with Crippen LogP contribution in [0.3, 0.4) is 0 Å². The van der Waals surface area contributed by atoms with E-state index in [9.17, 15) is 0 Å². The Kier molecular flexibility index (Phi) is 10.5. The van der Waals surface area contributed by atoms with Gasteiger partial charge in [-0.25, -0.2) is 0 Å². The van der Waals surface area contributed by atoms with Crippen molar-refractivity contribution >= 4 is 29.9 Å². The molecule has 1 aliphatic heterocycles. The van der Waals surface area contributed by atoms with Gasteiger partial charge in [0.15, 0.2) is 5.96 Å². The molecule has 0 saturated carbocycles. The molecule has 1 aliphatic rings. The summed E-state index contributed by atoms with van der Waals surface area (Å²) in [5, 5.41) is 13.8. The first-order valence-corrected chi connectivity index (χ1v) is 9.37. The molecule has 1 saturated heterocycles. The minimum atomic E-state index is 0. The Morgan fingerprint density at radius 3 is 2.69 bits per heavy atom. The smallest absolute Gasteiger partial charge is 0.191 e. The maximum Gasteiger partial charge on any atom is 0.191 e. The van der Waals surface area contributed by atoms with E-state index >= 15 is 0 Å². The normalized spacial score (nSPS) is 16.2. The van der Waals surface area contributed by atoms with Crippen molar-refractivity contribution in [3.63, 3.8) is 0 Å². The summed E-state index contributed by atoms with van der Waals surface area (Å²) in [6, 6.07) is 0. The van der Waals surface area contributed by atoms with E-state index in [1.54, 1.807) is 0 Å². The van der Waals surface area contributed by atoms with Crippen molar-refractivity contribution in [2.24, 2.45) is 4.99 Å². The topological polar surface area (TPSA) is 77.6 Å². The molecule has 1 fully saturated rings. The lowest BCUT2D eigenvalue weighted by Crippen LogP contribution is -2.52. The number of nitrogens with zero attached hydrogens (tertiary/aromatic N) is 3. The molecule has 0 unspecified atom stereocenters. The van der Waals surface area contributed by atoms with E-state index in [4.69, 9.17) is 9.73 Å². The molecule has 0 aliphatic carbocycles. The Balaban J connectivity index is 0.00000338. The third kappa shape index (κ3) is 7.40. The summed E-state index contributed by atoms with van der Waals surface area (Å²) in [6.45, 7) is 14.8. The van der Waals surface area contributed by atoms with Crippen molar-refractivity contribution in [2.45, 2.75) is 46.1 Å². The second-order valence-electron chi connectivity index (χ2n) is 7.16. The molecule has 2 heterocycles. The fourth-order valence-corrected chi connectivity index (χ4v) is 3.00. The fraction of sp³-hybridized carbons (Fsp3) is 0.778. The van der Waals surface area contributed by atoms with E-state index in [2.05, 4.69) is 53.4 Å². The molecule has 2 rings (SSSR count). The molecular formula is C18H35IN6O. The van der Waals surface area contributed by atoms with Crippen LogP contribution >= 0.6 is 24.0 Å². The number of hydrogen-bond donors (Lipinski definition) is 3. The van der Waals surface area contributed by atoms with Crippen LogP contribution in [0.1, 0.15) is 38.4 Å². The fourth-order valence-electron chi connectivity index (χ4n) is 3.00. The first-order chi connectivity index (χ1) is 12.0. The maximum absolute atomic E-state index is 5.45. The lowest BCUT2D eigenvalue weighted by molar-refractivity contribution is -0.00683. The standard InChI is InChI=1S/C18H34N6O.HI/c1-5-19-17(20-8-6-7-16-13-22-23-15(16)2)21-14-18(3,4)24-9-11-25-12-10-24;/h13H,5-12,14H2,1-4H3,(H,22,23)(H2,19,20,21);1H. The third-order valence-electron chi connectivity index (χ3n) is 4.69. The summed E-state index contributed by atoms with van der Waals surface area (Å²) < 4.78 is 5.45. The van der Waals surface area contributed by atoms with Gasteiger partial charge in [0.25, 0.3) is 0 Å². The van der Waals surface area contributed by atoms with Gasteiger partial charge >= 0.3 is 0 Å². The molecule has 8 heteroatoms. The molecule has 7 nitrogen and oxygen atoms in total. The van der Waals surface area contributed by atoms with Crippen LogP contribution in [0.15, 0.2) is 11.2 Å². The van der Waals surface area contributed by atoms with Crippen LogP contribution < -0.4 is 10.6 Å². The number of morpholine rings is 1. The number of halogens is 1. The van der Waals surface area contributed by atoms with Crippen LogP contribution in [0.4, 0.5) is 0 Å². The van der Waals surface area contributed by atoms with Gasteiger partial charge in [-0.15, -0.1) is 24.0 Å². The average Bonchev–Trinajstić information content (AvgIpc) is 3.02. The van der Waals surface area contributed by atoms with Crippen molar-refractivity contribution in [1.29, 1.82) is 0 Å². The summed E-state index contributed by atoms with van der Waals surface area (Å²) in [6.07, 6.45) is 3.99. The summed E-state index contributed by atoms with van der Waals surface area (Å²) in [4.78, 5) is 7.27. The van der Waals surface area contributed by atoms with Crippen LogP contribution in [-0.2, 0) is 11.2 Å². The molecule has 0 atom stereocenters. The number of aromatic amines is 1. The summed E-state index contributed by atoms with van der Waals surface area (Å²) in [7, 11) is 0. The van der Waals surface area contributed by atoms with Gasteiger partial charge in [0.1, 0.15) is 0 Å². The van der Waals surface area contributed by atoms with Crippen LogP contribution in [0.5, 0.6) is 0 Å². The minimum absolute atomic E-state index is 0. The highest BCUT2D eigenvalue weighted by Gasteiger charge is 2.28. The number of guanidine groups is 1. The molecule has 1 aromatic heterocycles. The minimum Gasteiger partial charge on any atom is -0.379 e. The Labute approximate surface area is 174 Å². The van der Waals surface area contributed by atoms with Crippen molar-refractivity contribution < 1.29 is 4.74 Å². The number of aryl methyl sites for hydroxylation is 2. The number of rotatable bonds is 8. The zero-order valence-electron chi connectivity index (χ0n) is 16.6. The van der Waals surface area contributed by atoms with Gasteiger partial charge in [-0.2, -0.15) is 5.10 Å². The number of H-pyrrole nitrogens is 1. The van der Waals surface area contributed by atoms with Gasteiger partial charge in [0.05, 0.1) is 26.0 Å². The SMILES string of the molecule is CCNC(=NCC(C)(C)N1CCOCC1)NCCCc1cn[nH]c1C.I. The van der Waals surface area contributed by atoms with Crippen molar-refractivity contribution in [2.75, 3.05) is 45.9 Å². The van der Waals surface area contributed by atoms with Gasteiger partial charge in [-0.05, 0) is 46.1 Å². The van der Waals surface area contributed by atoms with Gasteiger partial charge in [0.2, 0.25) is 0 Å². The molecule has 0 spiro atoms. The van der Waals surface area contributed by atoms with Crippen LogP contribution in [0.25, 0.3) is 0 Å². The number of ether oxygens (including phenoxy) is 1. The maximum atomic E-state index is 5.45. The first kappa shape index (κ1) is 23.2. The number of nitrogens with one attached hydrogen (secondary N) is 3. The highest BCUT2D eigenvalue weighted by molar-refractivity contribution is 14.0. The van der Waals surface area contributed by atoms with E-state index in [1.807, 2.05) is 6.20 Å². The molecule has 0 radical (unpaired) electrons. The van der Waals surface area contributed by atoms with Gasteiger partial charge in [-0.1, -0.05) is 0 Å². The van der Waals surface area contributed by atoms with E-state index in [-0.39, 0.29) is 29.5 Å². The number of aromatic nitrogens is 2. The molecular weight excluding hydrogens is 443 g/mol. The Morgan fingerprint density at radius 2 is 2.08 bits per heavy atom. The second kappa shape index (κ2) is 11.8. The van der Waals surface area contributed by atoms with E-state index < -0.39 is 0 Å². The second-order valence-corrected chi connectivity index (χ2v) is 7.16. The number of hydrogen-bond acceptors (Lipinski definition) is 4. The molecule has 0 amide bonds. The largest absolute Gasteiger partial charge is 0.379 e. The monoisotopic (exact) mass is 478 g/mol. The lowest BCUT2D eigenvalue weighted by Gasteiger charge is -2.39. The zero-order chi connectivity index (χ0) is 18.1. The molecule has 150 valence electrons. The summed E-state index contributed by atoms with van der Waals surface area (Å²) in [5.41, 5.74) is 2.49. The number of aliphatic imine (C=N–C) groups is 1. The zero-order valence-corrected chi connectivity index (χ0v) is 18.9. The predicted octanol–water partition coefficient (Wildman–Crippen LogP) is 1.93. The van der Waals surface area contributed by atoms with E-state index in [0.717, 1.165) is 70.4 Å². The summed E-state index contributed by atoms with van der Waals surface area (Å²) >= 11 is 0. The Morgan fingerprint density at radius 1 is 1.35 bits per heavy atom. The molecule has 0 aromatic carbocycles. The van der Waals surface area contributed by atoms with Crippen molar-refractivity contribution in [3.8, 4) is 0 Å². The highest BCUT2D eigenvalue weighted by atomic mass is 127. The predicted molar refractivity (Wildman–Crippen MR) is 118 cm³/mol. The van der Waals surface area contributed by atoms with Crippen LogP contribution in [0.2, 0.25) is 0 Å². The Bertz CT molecular complexity index is 540. The molecule has 0 bridgehead atoms. The third-order valence-corrected chi connectivity index (χ3v) is 4.69. The van der Waals surface area contributed by atoms with Gasteiger partial charge < -0.3 is 15.4 Å². The lowest BCUT2D eigenvalue weighted by atomic mass is 10.0. The molecule has 26 heavy (non-hydrogen) atoms. The van der Waals surface area contributed by atoms with Gasteiger partial charge in [-0.3, -0.25) is 15.0 Å². The quantitative estimate of drug-likeness (QED) is 0.231. The molecule has 3 N–H and O–H groups in total. The molecule has 1 aromatic rings. The van der Waals surface area contributed by atoms with Crippen LogP contribution in [0, 0.1) is 6.92 Å². The Hall–Kier alpha value is -0.870. The average molecular weight is 478 g/mol. The first-order valence-electron chi connectivity index (χ1n) is 9.37. The van der Waals surface area contributed by atoms with Crippen molar-refractivity contribution in [1.82, 2.24) is 25.7 Å². The van der Waals surface area contributed by atoms with Gasteiger partial charge in [0, 0.05) is 37.4 Å². The van der Waals surface area contributed by atoms with Crippen LogP contribution in [-0.4, -0.2) is 72.5 Å².